The molecule has 0 unspecified atom stereocenters. The van der Waals surface area contributed by atoms with E-state index >= 15 is 0 Å². The van der Waals surface area contributed by atoms with Gasteiger partial charge in [-0.3, -0.25) is 19.2 Å². The molecule has 2 N–H and O–H groups in total. The maximum atomic E-state index is 13.6. The van der Waals surface area contributed by atoms with E-state index in [1.807, 2.05) is 0 Å². The number of ether oxygens (including phenoxy) is 4. The molecule has 0 bridgehead atoms. The lowest BCUT2D eigenvalue weighted by molar-refractivity contribution is -0.167. The SMILES string of the molecule is CCOC(=O)C(COC(=O)Oc1ccc(NC(=O)c2cnc(NC)nc2-c2ccc(C(F)(F)F)cc2)c(C(=O)N(C)C)c1)(C(=O)OCC)c1ccccc1. The fraction of sp³-hybridized carbons (Fsp3) is 0.270. The average molecular weight is 752 g/mol. The molecule has 54 heavy (non-hydrogen) atoms. The molecule has 4 aromatic rings. The van der Waals surface area contributed by atoms with Crippen molar-refractivity contribution in [2.24, 2.45) is 0 Å². The van der Waals surface area contributed by atoms with Gasteiger partial charge in [-0.2, -0.15) is 13.2 Å². The zero-order chi connectivity index (χ0) is 39.6. The van der Waals surface area contributed by atoms with Gasteiger partial charge in [0.2, 0.25) is 11.4 Å². The van der Waals surface area contributed by atoms with Crippen molar-refractivity contribution in [3.05, 3.63) is 101 Å². The Kier molecular flexibility index (Phi) is 12.9. The summed E-state index contributed by atoms with van der Waals surface area (Å²) in [5.74, 6) is -3.61. The molecule has 0 aliphatic heterocycles. The summed E-state index contributed by atoms with van der Waals surface area (Å²) in [5, 5.41) is 5.31. The van der Waals surface area contributed by atoms with Crippen molar-refractivity contribution in [1.82, 2.24) is 14.9 Å². The van der Waals surface area contributed by atoms with E-state index in [1.165, 1.54) is 70.4 Å². The molecule has 0 aliphatic rings. The first kappa shape index (κ1) is 40.3. The molecular formula is C37H36F3N5O9. The Labute approximate surface area is 307 Å². The van der Waals surface area contributed by atoms with Crippen LogP contribution in [0.5, 0.6) is 5.75 Å². The van der Waals surface area contributed by atoms with Gasteiger partial charge in [0.1, 0.15) is 12.4 Å². The number of halogens is 3. The van der Waals surface area contributed by atoms with Gasteiger partial charge in [-0.05, 0) is 49.7 Å². The first-order valence-corrected chi connectivity index (χ1v) is 16.3. The highest BCUT2D eigenvalue weighted by atomic mass is 19.4. The summed E-state index contributed by atoms with van der Waals surface area (Å²) >= 11 is 0. The maximum absolute atomic E-state index is 13.6. The van der Waals surface area contributed by atoms with Gasteiger partial charge in [0, 0.05) is 32.9 Å². The third-order valence-corrected chi connectivity index (χ3v) is 7.74. The lowest BCUT2D eigenvalue weighted by atomic mass is 9.81. The van der Waals surface area contributed by atoms with Crippen LogP contribution in [0.15, 0.2) is 79.0 Å². The molecule has 4 rings (SSSR count). The van der Waals surface area contributed by atoms with Crippen molar-refractivity contribution in [1.29, 1.82) is 0 Å². The number of hydrogen-bond donors (Lipinski definition) is 2. The van der Waals surface area contributed by atoms with Crippen LogP contribution in [0.1, 0.15) is 45.7 Å². The first-order valence-electron chi connectivity index (χ1n) is 16.3. The molecule has 1 aromatic heterocycles. The van der Waals surface area contributed by atoms with E-state index in [9.17, 15) is 37.1 Å². The number of carbonyl (C=O) groups is 5. The standard InChI is InChI=1S/C37H36F3N5O9/c1-6-51-32(48)36(33(49)52-7-2,23-11-9-8-10-12-23)21-53-35(50)54-25-17-18-28(26(19-25)31(47)45(4)5)43-30(46)27-20-42-34(41-3)44-29(27)22-13-15-24(16-14-22)37(38,39)40/h8-20H,6-7,21H2,1-5H3,(H,43,46)(H,41,42,44). The molecule has 0 radical (unpaired) electrons. The summed E-state index contributed by atoms with van der Waals surface area (Å²) in [6, 6.07) is 15.4. The van der Waals surface area contributed by atoms with Gasteiger partial charge in [-0.15, -0.1) is 0 Å². The Bertz CT molecular complexity index is 1990. The summed E-state index contributed by atoms with van der Waals surface area (Å²) < 4.78 is 60.6. The number of anilines is 2. The van der Waals surface area contributed by atoms with Crippen LogP contribution in [0.2, 0.25) is 0 Å². The normalized spacial score (nSPS) is 11.2. The minimum atomic E-state index is -4.58. The number of amides is 2. The van der Waals surface area contributed by atoms with Crippen LogP contribution in [0.3, 0.4) is 0 Å². The lowest BCUT2D eigenvalue weighted by Crippen LogP contribution is -2.50. The van der Waals surface area contributed by atoms with Gasteiger partial charge in [0.25, 0.3) is 11.8 Å². The summed E-state index contributed by atoms with van der Waals surface area (Å²) in [7, 11) is 4.40. The molecule has 2 amide bonds. The molecule has 284 valence electrons. The molecule has 14 nitrogen and oxygen atoms in total. The molecule has 0 saturated heterocycles. The van der Waals surface area contributed by atoms with Gasteiger partial charge in [0.15, 0.2) is 0 Å². The number of nitrogens with one attached hydrogen (secondary N) is 2. The molecule has 1 heterocycles. The summed E-state index contributed by atoms with van der Waals surface area (Å²) in [5.41, 5.74) is -3.08. The summed E-state index contributed by atoms with van der Waals surface area (Å²) in [6.07, 6.45) is -4.77. The second kappa shape index (κ2) is 17.3. The van der Waals surface area contributed by atoms with Gasteiger partial charge >= 0.3 is 24.3 Å². The van der Waals surface area contributed by atoms with E-state index in [-0.39, 0.29) is 58.5 Å². The van der Waals surface area contributed by atoms with Crippen molar-refractivity contribution in [3.8, 4) is 17.0 Å². The fourth-order valence-corrected chi connectivity index (χ4v) is 5.05. The number of carbonyl (C=O) groups excluding carboxylic acids is 5. The maximum Gasteiger partial charge on any atom is 0.513 e. The largest absolute Gasteiger partial charge is 0.513 e. The first-order chi connectivity index (χ1) is 25.7. The highest BCUT2D eigenvalue weighted by Crippen LogP contribution is 2.33. The number of aromatic nitrogens is 2. The number of hydrogen-bond acceptors (Lipinski definition) is 12. The smallest absolute Gasteiger partial charge is 0.465 e. The molecule has 0 saturated carbocycles. The molecule has 0 aliphatic carbocycles. The fourth-order valence-electron chi connectivity index (χ4n) is 5.05. The van der Waals surface area contributed by atoms with Gasteiger partial charge in [-0.25, -0.2) is 14.8 Å². The third kappa shape index (κ3) is 9.09. The Morgan fingerprint density at radius 3 is 1.98 bits per heavy atom. The van der Waals surface area contributed by atoms with Crippen molar-refractivity contribution < 1.29 is 56.1 Å². The quantitative estimate of drug-likeness (QED) is 0.0735. The van der Waals surface area contributed by atoms with Crippen molar-refractivity contribution in [2.75, 3.05) is 51.6 Å². The number of esters is 2. The third-order valence-electron chi connectivity index (χ3n) is 7.74. The number of rotatable bonds is 13. The Hall–Kier alpha value is -6.52. The molecule has 3 aromatic carbocycles. The molecule has 0 fully saturated rings. The molecule has 0 atom stereocenters. The number of benzene rings is 3. The zero-order valence-electron chi connectivity index (χ0n) is 29.8. The monoisotopic (exact) mass is 751 g/mol. The van der Waals surface area contributed by atoms with Gasteiger partial charge in [0.05, 0.1) is 41.3 Å². The van der Waals surface area contributed by atoms with Crippen LogP contribution in [0, 0.1) is 0 Å². The molecule has 17 heteroatoms. The number of alkyl halides is 3. The Morgan fingerprint density at radius 1 is 0.796 bits per heavy atom. The second-order valence-corrected chi connectivity index (χ2v) is 11.5. The summed E-state index contributed by atoms with van der Waals surface area (Å²) in [6.45, 7) is 2.04. The van der Waals surface area contributed by atoms with Crippen LogP contribution < -0.4 is 15.4 Å². The zero-order valence-corrected chi connectivity index (χ0v) is 29.8. The Balaban J connectivity index is 1.63. The minimum absolute atomic E-state index is 0.000903. The highest BCUT2D eigenvalue weighted by molar-refractivity contribution is 6.11. The van der Waals surface area contributed by atoms with E-state index in [4.69, 9.17) is 18.9 Å². The van der Waals surface area contributed by atoms with E-state index < -0.39 is 53.7 Å². The van der Waals surface area contributed by atoms with E-state index in [2.05, 4.69) is 20.6 Å². The van der Waals surface area contributed by atoms with Crippen LogP contribution >= 0.6 is 0 Å². The molecule has 0 spiro atoms. The minimum Gasteiger partial charge on any atom is -0.465 e. The Morgan fingerprint density at radius 2 is 1.43 bits per heavy atom. The van der Waals surface area contributed by atoms with E-state index in [0.29, 0.717) is 0 Å². The van der Waals surface area contributed by atoms with Gasteiger partial charge < -0.3 is 34.5 Å². The number of nitrogens with zero attached hydrogens (tertiary/aromatic N) is 3. The van der Waals surface area contributed by atoms with Crippen LogP contribution in [0.4, 0.5) is 29.6 Å². The van der Waals surface area contributed by atoms with Crippen molar-refractivity contribution in [2.45, 2.75) is 25.4 Å². The second-order valence-electron chi connectivity index (χ2n) is 11.5. The van der Waals surface area contributed by atoms with E-state index in [0.717, 1.165) is 30.3 Å². The van der Waals surface area contributed by atoms with Crippen LogP contribution in [0.25, 0.3) is 11.3 Å². The lowest BCUT2D eigenvalue weighted by Gasteiger charge is -2.28. The van der Waals surface area contributed by atoms with E-state index in [1.54, 1.807) is 18.2 Å². The van der Waals surface area contributed by atoms with Crippen LogP contribution in [-0.4, -0.2) is 85.7 Å². The summed E-state index contributed by atoms with van der Waals surface area (Å²) in [4.78, 5) is 76.0. The predicted octanol–water partition coefficient (Wildman–Crippen LogP) is 5.74. The van der Waals surface area contributed by atoms with Gasteiger partial charge in [-0.1, -0.05) is 42.5 Å². The van der Waals surface area contributed by atoms with Crippen molar-refractivity contribution in [3.63, 3.8) is 0 Å². The predicted molar refractivity (Wildman–Crippen MR) is 188 cm³/mol. The van der Waals surface area contributed by atoms with Crippen molar-refractivity contribution >= 4 is 41.5 Å². The topological polar surface area (TPSA) is 175 Å². The molecular weight excluding hydrogens is 715 g/mol. The van der Waals surface area contributed by atoms with Crippen LogP contribution in [-0.2, 0) is 35.4 Å². The highest BCUT2D eigenvalue weighted by Gasteiger charge is 2.52. The average Bonchev–Trinajstić information content (AvgIpc) is 3.15.